The van der Waals surface area contributed by atoms with E-state index >= 15 is 0 Å². The molecule has 1 unspecified atom stereocenters. The van der Waals surface area contributed by atoms with Crippen LogP contribution in [0.1, 0.15) is 93.9 Å². The Morgan fingerprint density at radius 1 is 0.800 bits per heavy atom. The molecule has 0 aliphatic carbocycles. The van der Waals surface area contributed by atoms with Gasteiger partial charge >= 0.3 is 0 Å². The Hall–Kier alpha value is -0.570. The van der Waals surface area contributed by atoms with Gasteiger partial charge in [-0.1, -0.05) is 55.4 Å². The standard InChI is InChI=1S/C9H17NO2.C9H19NO.C8H17N.C7H15N/c1-8(2)9(11)7-10-3-5-12-6-4-10;1-8(2)7-9(11)3-5-10-6-4-9;1-7(2)8-3-5-9-6-4-8;1-6(2)7-3-4-8-5-7/h8H,3-7H2,1-2H3;8,10-11H,3-7H2,1-2H3;7-9H,3-6H2,1-2H3;6-8H,3-5H2,1-2H3. The van der Waals surface area contributed by atoms with Crippen molar-refractivity contribution in [2.45, 2.75) is 99.5 Å². The van der Waals surface area contributed by atoms with Crippen molar-refractivity contribution in [3.05, 3.63) is 0 Å². The van der Waals surface area contributed by atoms with Crippen LogP contribution in [0.5, 0.6) is 0 Å². The molecule has 0 radical (unpaired) electrons. The lowest BCUT2D eigenvalue weighted by Gasteiger charge is -2.33. The number of Topliss-reactive ketones (excluding diaryl/α,β-unsaturated/α-hetero) is 1. The van der Waals surface area contributed by atoms with E-state index in [1.807, 2.05) is 13.8 Å². The van der Waals surface area contributed by atoms with E-state index in [9.17, 15) is 9.90 Å². The monoisotopic (exact) mass is 569 g/mol. The quantitative estimate of drug-likeness (QED) is 0.358. The van der Waals surface area contributed by atoms with Gasteiger partial charge in [-0.15, -0.1) is 0 Å². The van der Waals surface area contributed by atoms with Gasteiger partial charge in [0.2, 0.25) is 0 Å². The van der Waals surface area contributed by atoms with Crippen LogP contribution >= 0.6 is 0 Å². The summed E-state index contributed by atoms with van der Waals surface area (Å²) >= 11 is 0. The molecule has 0 saturated carbocycles. The third-order valence-electron chi connectivity index (χ3n) is 8.82. The zero-order valence-corrected chi connectivity index (χ0v) is 27.7. The highest BCUT2D eigenvalue weighted by Crippen LogP contribution is 2.25. The van der Waals surface area contributed by atoms with Gasteiger partial charge in [-0.05, 0) is 107 Å². The molecule has 4 aliphatic rings. The number of ketones is 1. The highest BCUT2D eigenvalue weighted by molar-refractivity contribution is 5.82. The molecule has 238 valence electrons. The minimum absolute atomic E-state index is 0.160. The molecule has 0 spiro atoms. The van der Waals surface area contributed by atoms with Crippen molar-refractivity contribution in [2.75, 3.05) is 72.1 Å². The van der Waals surface area contributed by atoms with Gasteiger partial charge < -0.3 is 25.8 Å². The number of ether oxygens (including phenoxy) is 1. The van der Waals surface area contributed by atoms with Crippen molar-refractivity contribution in [1.82, 2.24) is 20.9 Å². The largest absolute Gasteiger partial charge is 0.390 e. The van der Waals surface area contributed by atoms with Crippen LogP contribution in [0.15, 0.2) is 0 Å². The molecule has 4 rings (SSSR count). The van der Waals surface area contributed by atoms with Crippen LogP contribution in [0.3, 0.4) is 0 Å². The molecular formula is C33H68N4O3. The number of carbonyl (C=O) groups is 1. The second kappa shape index (κ2) is 21.2. The first-order chi connectivity index (χ1) is 18.9. The first-order valence-corrected chi connectivity index (χ1v) is 16.6. The summed E-state index contributed by atoms with van der Waals surface area (Å²) in [5.41, 5.74) is -0.362. The van der Waals surface area contributed by atoms with Crippen molar-refractivity contribution in [1.29, 1.82) is 0 Å². The van der Waals surface area contributed by atoms with E-state index < -0.39 is 0 Å². The molecular weight excluding hydrogens is 500 g/mol. The number of rotatable bonds is 7. The van der Waals surface area contributed by atoms with Crippen LogP contribution < -0.4 is 16.0 Å². The average molecular weight is 569 g/mol. The molecule has 0 aromatic carbocycles. The molecule has 7 nitrogen and oxygen atoms in total. The summed E-state index contributed by atoms with van der Waals surface area (Å²) in [6.07, 6.45) is 6.96. The van der Waals surface area contributed by atoms with Crippen LogP contribution in [0.2, 0.25) is 0 Å². The van der Waals surface area contributed by atoms with Crippen LogP contribution in [-0.2, 0) is 9.53 Å². The van der Waals surface area contributed by atoms with Gasteiger partial charge in [0, 0.05) is 19.0 Å². The Bertz CT molecular complexity index is 617. The molecule has 4 saturated heterocycles. The number of hydrogen-bond donors (Lipinski definition) is 4. The van der Waals surface area contributed by atoms with Crippen LogP contribution in [0.25, 0.3) is 0 Å². The number of piperidine rings is 2. The van der Waals surface area contributed by atoms with Gasteiger partial charge in [0.25, 0.3) is 0 Å². The van der Waals surface area contributed by atoms with E-state index in [1.165, 1.54) is 45.4 Å². The lowest BCUT2D eigenvalue weighted by atomic mass is 9.85. The summed E-state index contributed by atoms with van der Waals surface area (Å²) in [6, 6.07) is 0. The average Bonchev–Trinajstić information content (AvgIpc) is 3.46. The predicted octanol–water partition coefficient (Wildman–Crippen LogP) is 4.58. The van der Waals surface area contributed by atoms with Crippen LogP contribution in [-0.4, -0.2) is 93.5 Å². The number of carbonyl (C=O) groups excluding carboxylic acids is 1. The zero-order chi connectivity index (χ0) is 30.0. The molecule has 0 amide bonds. The number of hydrogen-bond acceptors (Lipinski definition) is 7. The number of aliphatic hydroxyl groups is 1. The highest BCUT2D eigenvalue weighted by Gasteiger charge is 2.29. The van der Waals surface area contributed by atoms with Gasteiger partial charge in [0.05, 0.1) is 25.4 Å². The lowest BCUT2D eigenvalue weighted by Crippen LogP contribution is -2.42. The minimum atomic E-state index is -0.362. The van der Waals surface area contributed by atoms with Gasteiger partial charge in [0.1, 0.15) is 5.78 Å². The molecule has 0 aromatic heterocycles. The van der Waals surface area contributed by atoms with Crippen molar-refractivity contribution in [3.8, 4) is 0 Å². The van der Waals surface area contributed by atoms with Crippen molar-refractivity contribution >= 4 is 5.78 Å². The molecule has 4 heterocycles. The summed E-state index contributed by atoms with van der Waals surface area (Å²) in [7, 11) is 0. The fourth-order valence-electron chi connectivity index (χ4n) is 5.78. The molecule has 40 heavy (non-hydrogen) atoms. The van der Waals surface area contributed by atoms with Gasteiger partial charge in [0.15, 0.2) is 0 Å². The van der Waals surface area contributed by atoms with E-state index in [0.717, 1.165) is 82.3 Å². The summed E-state index contributed by atoms with van der Waals surface area (Å²) in [5.74, 6) is 4.82. The topological polar surface area (TPSA) is 85.9 Å². The van der Waals surface area contributed by atoms with E-state index in [1.54, 1.807) is 0 Å². The summed E-state index contributed by atoms with van der Waals surface area (Å²) in [4.78, 5) is 13.5. The van der Waals surface area contributed by atoms with E-state index in [0.29, 0.717) is 18.2 Å². The first kappa shape index (κ1) is 37.5. The zero-order valence-electron chi connectivity index (χ0n) is 27.7. The van der Waals surface area contributed by atoms with E-state index in [2.05, 4.69) is 62.4 Å². The highest BCUT2D eigenvalue weighted by atomic mass is 16.5. The summed E-state index contributed by atoms with van der Waals surface area (Å²) < 4.78 is 5.19. The Kier molecular flexibility index (Phi) is 19.8. The summed E-state index contributed by atoms with van der Waals surface area (Å²) in [6.45, 7) is 28.3. The van der Waals surface area contributed by atoms with Crippen LogP contribution in [0.4, 0.5) is 0 Å². The molecule has 4 aliphatic heterocycles. The van der Waals surface area contributed by atoms with Crippen molar-refractivity contribution < 1.29 is 14.6 Å². The normalized spacial score (nSPS) is 23.7. The molecule has 0 aromatic rings. The molecule has 4 N–H and O–H groups in total. The van der Waals surface area contributed by atoms with E-state index in [-0.39, 0.29) is 11.5 Å². The van der Waals surface area contributed by atoms with E-state index in [4.69, 9.17) is 4.74 Å². The second-order valence-corrected chi connectivity index (χ2v) is 13.9. The fraction of sp³-hybridized carbons (Fsp3) is 0.970. The molecule has 7 heteroatoms. The maximum absolute atomic E-state index is 11.3. The SMILES string of the molecule is CC(C)C(=O)CN1CCOCC1.CC(C)C1CCNC1.CC(C)C1CCNCC1.CC(C)CC1(O)CCNCC1. The first-order valence-electron chi connectivity index (χ1n) is 16.6. The Labute approximate surface area is 248 Å². The van der Waals surface area contributed by atoms with Gasteiger partial charge in [-0.2, -0.15) is 0 Å². The molecule has 4 fully saturated rings. The Morgan fingerprint density at radius 2 is 1.30 bits per heavy atom. The van der Waals surface area contributed by atoms with Crippen LogP contribution in [0, 0.1) is 35.5 Å². The Balaban J connectivity index is 0.000000270. The number of nitrogens with one attached hydrogen (secondary N) is 3. The summed E-state index contributed by atoms with van der Waals surface area (Å²) in [5, 5.41) is 20.0. The van der Waals surface area contributed by atoms with Crippen molar-refractivity contribution in [3.63, 3.8) is 0 Å². The predicted molar refractivity (Wildman–Crippen MR) is 170 cm³/mol. The lowest BCUT2D eigenvalue weighted by molar-refractivity contribution is -0.124. The molecule has 1 atom stereocenters. The minimum Gasteiger partial charge on any atom is -0.390 e. The maximum Gasteiger partial charge on any atom is 0.149 e. The van der Waals surface area contributed by atoms with Crippen molar-refractivity contribution in [2.24, 2.45) is 35.5 Å². The maximum atomic E-state index is 11.3. The smallest absolute Gasteiger partial charge is 0.149 e. The Morgan fingerprint density at radius 3 is 1.70 bits per heavy atom. The van der Waals surface area contributed by atoms with Gasteiger partial charge in [-0.3, -0.25) is 9.69 Å². The number of nitrogens with zero attached hydrogens (tertiary/aromatic N) is 1. The van der Waals surface area contributed by atoms with Gasteiger partial charge in [-0.25, -0.2) is 0 Å². The third kappa shape index (κ3) is 17.4. The second-order valence-electron chi connectivity index (χ2n) is 13.9. The number of morpholine rings is 1. The molecule has 0 bridgehead atoms. The third-order valence-corrected chi connectivity index (χ3v) is 8.82. The fourth-order valence-corrected chi connectivity index (χ4v) is 5.78.